The Labute approximate surface area is 102 Å². The first-order valence-electron chi connectivity index (χ1n) is 6.26. The molecule has 0 saturated carbocycles. The molecule has 17 heavy (non-hydrogen) atoms. The van der Waals surface area contributed by atoms with E-state index in [1.54, 1.807) is 0 Å². The average Bonchev–Trinajstić information content (AvgIpc) is 2.37. The van der Waals surface area contributed by atoms with Crippen molar-refractivity contribution in [3.8, 4) is 0 Å². The first-order valence-corrected chi connectivity index (χ1v) is 6.26. The van der Waals surface area contributed by atoms with Gasteiger partial charge in [-0.15, -0.1) is 0 Å². The first kappa shape index (κ1) is 12.1. The molecule has 94 valence electrons. The van der Waals surface area contributed by atoms with Gasteiger partial charge in [0.05, 0.1) is 0 Å². The van der Waals surface area contributed by atoms with Gasteiger partial charge in [-0.05, 0) is 38.8 Å². The zero-order valence-electron chi connectivity index (χ0n) is 10.6. The molecular weight excluding hydrogens is 214 g/mol. The van der Waals surface area contributed by atoms with Crippen LogP contribution in [0.1, 0.15) is 18.7 Å². The summed E-state index contributed by atoms with van der Waals surface area (Å²) in [5.74, 6) is 3.27. The molecule has 0 aliphatic carbocycles. The summed E-state index contributed by atoms with van der Waals surface area (Å²) >= 11 is 0. The molecule has 1 aliphatic heterocycles. The van der Waals surface area contributed by atoms with Crippen LogP contribution in [0, 0.1) is 12.8 Å². The summed E-state index contributed by atoms with van der Waals surface area (Å²) in [6, 6.07) is 1.95. The van der Waals surface area contributed by atoms with E-state index in [0.717, 1.165) is 37.1 Å². The Kier molecular flexibility index (Phi) is 4.14. The van der Waals surface area contributed by atoms with Crippen LogP contribution < -0.4 is 16.0 Å². The van der Waals surface area contributed by atoms with E-state index in [9.17, 15) is 0 Å². The van der Waals surface area contributed by atoms with Gasteiger partial charge < -0.3 is 16.0 Å². The van der Waals surface area contributed by atoms with Gasteiger partial charge in [0.1, 0.15) is 17.5 Å². The van der Waals surface area contributed by atoms with E-state index < -0.39 is 0 Å². The fourth-order valence-electron chi connectivity index (χ4n) is 2.13. The maximum absolute atomic E-state index is 4.38. The molecule has 0 bridgehead atoms. The summed E-state index contributed by atoms with van der Waals surface area (Å²) in [4.78, 5) is 8.66. The van der Waals surface area contributed by atoms with Crippen LogP contribution in [0.4, 0.5) is 11.6 Å². The molecule has 1 atom stereocenters. The van der Waals surface area contributed by atoms with Crippen LogP contribution in [0.2, 0.25) is 0 Å². The van der Waals surface area contributed by atoms with Gasteiger partial charge >= 0.3 is 0 Å². The molecule has 5 nitrogen and oxygen atoms in total. The molecule has 0 amide bonds. The Hall–Kier alpha value is -1.36. The van der Waals surface area contributed by atoms with Crippen molar-refractivity contribution in [2.24, 2.45) is 5.92 Å². The lowest BCUT2D eigenvalue weighted by Crippen LogP contribution is -2.33. The summed E-state index contributed by atoms with van der Waals surface area (Å²) in [5.41, 5.74) is 0. The Morgan fingerprint density at radius 3 is 2.94 bits per heavy atom. The highest BCUT2D eigenvalue weighted by atomic mass is 15.1. The smallest absolute Gasteiger partial charge is 0.131 e. The number of aryl methyl sites for hydroxylation is 1. The molecule has 2 rings (SSSR count). The molecule has 1 unspecified atom stereocenters. The van der Waals surface area contributed by atoms with E-state index in [0.29, 0.717) is 5.92 Å². The predicted molar refractivity (Wildman–Crippen MR) is 70.4 cm³/mol. The zero-order chi connectivity index (χ0) is 12.1. The van der Waals surface area contributed by atoms with Gasteiger partial charge in [0, 0.05) is 19.7 Å². The zero-order valence-corrected chi connectivity index (χ0v) is 10.6. The van der Waals surface area contributed by atoms with E-state index >= 15 is 0 Å². The summed E-state index contributed by atoms with van der Waals surface area (Å²) in [6.45, 7) is 5.16. The number of nitrogens with zero attached hydrogens (tertiary/aromatic N) is 2. The van der Waals surface area contributed by atoms with E-state index in [2.05, 4.69) is 25.9 Å². The van der Waals surface area contributed by atoms with E-state index in [1.807, 2.05) is 20.0 Å². The SMILES string of the molecule is CNc1cc(NCC2CCCNC2)nc(C)n1. The van der Waals surface area contributed by atoms with E-state index in [4.69, 9.17) is 0 Å². The Morgan fingerprint density at radius 2 is 2.24 bits per heavy atom. The lowest BCUT2D eigenvalue weighted by Gasteiger charge is -2.23. The first-order chi connectivity index (χ1) is 8.28. The molecule has 0 spiro atoms. The van der Waals surface area contributed by atoms with Crippen LogP contribution in [0.15, 0.2) is 6.07 Å². The van der Waals surface area contributed by atoms with Crippen LogP contribution in [-0.4, -0.2) is 36.6 Å². The number of hydrogen-bond acceptors (Lipinski definition) is 5. The third-order valence-corrected chi connectivity index (χ3v) is 3.06. The Balaban J connectivity index is 1.91. The van der Waals surface area contributed by atoms with Crippen molar-refractivity contribution < 1.29 is 0 Å². The summed E-state index contributed by atoms with van der Waals surface area (Å²) < 4.78 is 0. The lowest BCUT2D eigenvalue weighted by molar-refractivity contribution is 0.392. The van der Waals surface area contributed by atoms with E-state index in [-0.39, 0.29) is 0 Å². The second-order valence-electron chi connectivity index (χ2n) is 4.53. The second kappa shape index (κ2) is 5.82. The molecule has 5 heteroatoms. The van der Waals surface area contributed by atoms with Crippen LogP contribution in [0.25, 0.3) is 0 Å². The molecule has 1 aromatic heterocycles. The predicted octanol–water partition coefficient (Wildman–Crippen LogP) is 1.24. The molecular formula is C12H21N5. The number of hydrogen-bond donors (Lipinski definition) is 3. The number of aromatic nitrogens is 2. The summed E-state index contributed by atoms with van der Waals surface area (Å²) in [6.07, 6.45) is 2.57. The van der Waals surface area contributed by atoms with E-state index in [1.165, 1.54) is 12.8 Å². The van der Waals surface area contributed by atoms with Crippen LogP contribution in [-0.2, 0) is 0 Å². The molecule has 1 saturated heterocycles. The number of anilines is 2. The Morgan fingerprint density at radius 1 is 1.41 bits per heavy atom. The lowest BCUT2D eigenvalue weighted by atomic mass is 10.00. The second-order valence-corrected chi connectivity index (χ2v) is 4.53. The summed E-state index contributed by atoms with van der Waals surface area (Å²) in [7, 11) is 1.87. The maximum Gasteiger partial charge on any atom is 0.131 e. The number of rotatable bonds is 4. The van der Waals surface area contributed by atoms with Gasteiger partial charge in [-0.3, -0.25) is 0 Å². The van der Waals surface area contributed by atoms with Crippen molar-refractivity contribution in [1.82, 2.24) is 15.3 Å². The van der Waals surface area contributed by atoms with Gasteiger partial charge in [0.15, 0.2) is 0 Å². The maximum atomic E-state index is 4.38. The van der Waals surface area contributed by atoms with Crippen molar-refractivity contribution in [2.45, 2.75) is 19.8 Å². The van der Waals surface area contributed by atoms with Crippen LogP contribution in [0.3, 0.4) is 0 Å². The Bertz CT molecular complexity index is 360. The van der Waals surface area contributed by atoms with Crippen molar-refractivity contribution in [3.63, 3.8) is 0 Å². The van der Waals surface area contributed by atoms with Crippen LogP contribution in [0.5, 0.6) is 0 Å². The molecule has 1 aliphatic rings. The third kappa shape index (κ3) is 3.56. The molecule has 3 N–H and O–H groups in total. The molecule has 0 radical (unpaired) electrons. The van der Waals surface area contributed by atoms with Gasteiger partial charge in [-0.25, -0.2) is 9.97 Å². The van der Waals surface area contributed by atoms with Gasteiger partial charge in [0.2, 0.25) is 0 Å². The third-order valence-electron chi connectivity index (χ3n) is 3.06. The highest BCUT2D eigenvalue weighted by Gasteiger charge is 2.12. The van der Waals surface area contributed by atoms with Crippen LogP contribution >= 0.6 is 0 Å². The quantitative estimate of drug-likeness (QED) is 0.733. The molecule has 1 fully saturated rings. The largest absolute Gasteiger partial charge is 0.373 e. The van der Waals surface area contributed by atoms with Crippen molar-refractivity contribution in [1.29, 1.82) is 0 Å². The fraction of sp³-hybridized carbons (Fsp3) is 0.667. The molecule has 2 heterocycles. The van der Waals surface area contributed by atoms with Crippen molar-refractivity contribution in [3.05, 3.63) is 11.9 Å². The molecule has 0 aromatic carbocycles. The van der Waals surface area contributed by atoms with Crippen molar-refractivity contribution in [2.75, 3.05) is 37.3 Å². The van der Waals surface area contributed by atoms with Crippen molar-refractivity contribution >= 4 is 11.6 Å². The monoisotopic (exact) mass is 235 g/mol. The normalized spacial score (nSPS) is 20.0. The number of piperidine rings is 1. The highest BCUT2D eigenvalue weighted by Crippen LogP contribution is 2.13. The highest BCUT2D eigenvalue weighted by molar-refractivity contribution is 5.47. The minimum Gasteiger partial charge on any atom is -0.373 e. The topological polar surface area (TPSA) is 61.9 Å². The minimum absolute atomic E-state index is 0.706. The van der Waals surface area contributed by atoms with Gasteiger partial charge in [0.25, 0.3) is 0 Å². The summed E-state index contributed by atoms with van der Waals surface area (Å²) in [5, 5.41) is 9.86. The fourth-order valence-corrected chi connectivity index (χ4v) is 2.13. The molecule has 1 aromatic rings. The van der Waals surface area contributed by atoms with Gasteiger partial charge in [-0.2, -0.15) is 0 Å². The number of nitrogens with one attached hydrogen (secondary N) is 3. The standard InChI is InChI=1S/C12H21N5/c1-9-16-11(13-2)6-12(17-9)15-8-10-4-3-5-14-7-10/h6,10,14H,3-5,7-8H2,1-2H3,(H2,13,15,16,17). The average molecular weight is 235 g/mol. The van der Waals surface area contributed by atoms with Gasteiger partial charge in [-0.1, -0.05) is 0 Å². The minimum atomic E-state index is 0.706.